The van der Waals surface area contributed by atoms with Gasteiger partial charge in [0.15, 0.2) is 0 Å². The normalized spacial score (nSPS) is 13.7. The molecule has 1 aromatic rings. The monoisotopic (exact) mass is 305 g/mol. The molecular weight excluding hydrogens is 279 g/mol. The minimum Gasteiger partial charge on any atom is -0.310 e. The lowest BCUT2D eigenvalue weighted by molar-refractivity contribution is -0.136. The van der Waals surface area contributed by atoms with Crippen molar-refractivity contribution in [2.24, 2.45) is 0 Å². The standard InChI is InChI=1S/C15H26F3N3/c1-5-12-14(11(4)19-7-3)13(6-2)21(20-12)10-8-9-15(16,17)18/h11,19H,5-10H2,1-4H3. The Kier molecular flexibility index (Phi) is 6.71. The molecule has 0 aliphatic rings. The van der Waals surface area contributed by atoms with Crippen LogP contribution in [0.1, 0.15) is 63.5 Å². The summed E-state index contributed by atoms with van der Waals surface area (Å²) in [6, 6.07) is 0.177. The Labute approximate surface area is 124 Å². The Morgan fingerprint density at radius 1 is 1.19 bits per heavy atom. The number of hydrogen-bond donors (Lipinski definition) is 1. The van der Waals surface area contributed by atoms with Crippen LogP contribution in [0.2, 0.25) is 0 Å². The molecule has 0 aromatic carbocycles. The van der Waals surface area contributed by atoms with Gasteiger partial charge in [0, 0.05) is 30.3 Å². The molecule has 0 spiro atoms. The van der Waals surface area contributed by atoms with E-state index in [9.17, 15) is 13.2 Å². The summed E-state index contributed by atoms with van der Waals surface area (Å²) >= 11 is 0. The lowest BCUT2D eigenvalue weighted by atomic mass is 10.0. The van der Waals surface area contributed by atoms with Crippen LogP contribution in [0.4, 0.5) is 13.2 Å². The average Bonchev–Trinajstić information content (AvgIpc) is 2.75. The predicted octanol–water partition coefficient (Wildman–Crippen LogP) is 4.02. The van der Waals surface area contributed by atoms with Crippen LogP contribution >= 0.6 is 0 Å². The molecule has 0 amide bonds. The molecule has 0 saturated carbocycles. The molecule has 0 aliphatic carbocycles. The second kappa shape index (κ2) is 7.82. The summed E-state index contributed by atoms with van der Waals surface area (Å²) in [6.07, 6.45) is -3.19. The highest BCUT2D eigenvalue weighted by molar-refractivity contribution is 5.30. The van der Waals surface area contributed by atoms with Crippen LogP contribution in [0.3, 0.4) is 0 Å². The van der Waals surface area contributed by atoms with E-state index in [0.29, 0.717) is 6.54 Å². The second-order valence-electron chi connectivity index (χ2n) is 5.24. The molecule has 1 unspecified atom stereocenters. The Balaban J connectivity index is 2.94. The molecule has 0 saturated heterocycles. The molecule has 1 heterocycles. The minimum absolute atomic E-state index is 0.0797. The van der Waals surface area contributed by atoms with Gasteiger partial charge >= 0.3 is 6.18 Å². The van der Waals surface area contributed by atoms with Gasteiger partial charge in [-0.3, -0.25) is 4.68 Å². The van der Waals surface area contributed by atoms with E-state index in [0.717, 1.165) is 36.3 Å². The summed E-state index contributed by atoms with van der Waals surface area (Å²) in [5.74, 6) is 0. The van der Waals surface area contributed by atoms with Crippen molar-refractivity contribution in [3.8, 4) is 0 Å². The van der Waals surface area contributed by atoms with Crippen LogP contribution in [0, 0.1) is 0 Å². The van der Waals surface area contributed by atoms with Crippen LogP contribution in [0.25, 0.3) is 0 Å². The van der Waals surface area contributed by atoms with E-state index in [-0.39, 0.29) is 12.5 Å². The SMILES string of the molecule is CCNC(C)c1c(CC)nn(CCCC(F)(F)F)c1CC. The van der Waals surface area contributed by atoms with Gasteiger partial charge in [0.05, 0.1) is 5.69 Å². The molecule has 0 aliphatic heterocycles. The third-order valence-electron chi connectivity index (χ3n) is 3.62. The van der Waals surface area contributed by atoms with Gasteiger partial charge in [-0.2, -0.15) is 18.3 Å². The lowest BCUT2D eigenvalue weighted by Crippen LogP contribution is -2.20. The maximum absolute atomic E-state index is 12.3. The van der Waals surface area contributed by atoms with Crippen molar-refractivity contribution in [2.75, 3.05) is 6.54 Å². The summed E-state index contributed by atoms with van der Waals surface area (Å²) in [4.78, 5) is 0. The van der Waals surface area contributed by atoms with Gasteiger partial charge in [-0.15, -0.1) is 0 Å². The number of nitrogens with zero attached hydrogens (tertiary/aromatic N) is 2. The lowest BCUT2D eigenvalue weighted by Gasteiger charge is -2.15. The topological polar surface area (TPSA) is 29.9 Å². The highest BCUT2D eigenvalue weighted by Crippen LogP contribution is 2.26. The van der Waals surface area contributed by atoms with Crippen molar-refractivity contribution in [1.29, 1.82) is 0 Å². The largest absolute Gasteiger partial charge is 0.389 e. The van der Waals surface area contributed by atoms with E-state index < -0.39 is 12.6 Å². The second-order valence-corrected chi connectivity index (χ2v) is 5.24. The van der Waals surface area contributed by atoms with E-state index in [2.05, 4.69) is 17.3 Å². The Hall–Kier alpha value is -1.04. The summed E-state index contributed by atoms with van der Waals surface area (Å²) in [7, 11) is 0. The molecular formula is C15H26F3N3. The Morgan fingerprint density at radius 2 is 1.86 bits per heavy atom. The van der Waals surface area contributed by atoms with Gasteiger partial charge < -0.3 is 5.32 Å². The molecule has 0 fully saturated rings. The number of aromatic nitrogens is 2. The molecule has 1 atom stereocenters. The van der Waals surface area contributed by atoms with Gasteiger partial charge in [0.25, 0.3) is 0 Å². The molecule has 1 aromatic heterocycles. The van der Waals surface area contributed by atoms with Crippen molar-refractivity contribution >= 4 is 0 Å². The van der Waals surface area contributed by atoms with Gasteiger partial charge in [-0.05, 0) is 32.7 Å². The first-order chi connectivity index (χ1) is 9.84. The van der Waals surface area contributed by atoms with E-state index in [1.54, 1.807) is 4.68 Å². The highest BCUT2D eigenvalue weighted by atomic mass is 19.4. The molecule has 1 N–H and O–H groups in total. The molecule has 1 rings (SSSR count). The van der Waals surface area contributed by atoms with Crippen molar-refractivity contribution in [2.45, 2.75) is 72.1 Å². The fourth-order valence-electron chi connectivity index (χ4n) is 2.72. The Morgan fingerprint density at radius 3 is 2.33 bits per heavy atom. The van der Waals surface area contributed by atoms with Gasteiger partial charge in [-0.25, -0.2) is 0 Å². The molecule has 6 heteroatoms. The van der Waals surface area contributed by atoms with Crippen molar-refractivity contribution in [3.05, 3.63) is 17.0 Å². The number of rotatable bonds is 8. The third-order valence-corrected chi connectivity index (χ3v) is 3.62. The van der Waals surface area contributed by atoms with Crippen molar-refractivity contribution in [3.63, 3.8) is 0 Å². The summed E-state index contributed by atoms with van der Waals surface area (Å²) in [6.45, 7) is 9.37. The van der Waals surface area contributed by atoms with Crippen molar-refractivity contribution < 1.29 is 13.2 Å². The summed E-state index contributed by atoms with van der Waals surface area (Å²) < 4.78 is 38.6. The number of hydrogen-bond acceptors (Lipinski definition) is 2. The van der Waals surface area contributed by atoms with Crippen molar-refractivity contribution in [1.82, 2.24) is 15.1 Å². The van der Waals surface area contributed by atoms with Gasteiger partial charge in [0.2, 0.25) is 0 Å². The van der Waals surface area contributed by atoms with Gasteiger partial charge in [0.1, 0.15) is 0 Å². The first-order valence-electron chi connectivity index (χ1n) is 7.72. The number of nitrogens with one attached hydrogen (secondary N) is 1. The fourth-order valence-corrected chi connectivity index (χ4v) is 2.72. The van der Waals surface area contributed by atoms with Gasteiger partial charge in [-0.1, -0.05) is 20.8 Å². The van der Waals surface area contributed by atoms with E-state index in [4.69, 9.17) is 0 Å². The van der Waals surface area contributed by atoms with Crippen LogP contribution in [0.5, 0.6) is 0 Å². The molecule has 122 valence electrons. The predicted molar refractivity (Wildman–Crippen MR) is 78.4 cm³/mol. The zero-order chi connectivity index (χ0) is 16.0. The van der Waals surface area contributed by atoms with Crippen LogP contribution < -0.4 is 5.32 Å². The summed E-state index contributed by atoms with van der Waals surface area (Å²) in [5, 5.41) is 7.90. The maximum atomic E-state index is 12.3. The van der Waals surface area contributed by atoms with Crippen LogP contribution in [-0.4, -0.2) is 22.5 Å². The van der Waals surface area contributed by atoms with E-state index in [1.165, 1.54) is 0 Å². The average molecular weight is 305 g/mol. The number of aryl methyl sites for hydroxylation is 2. The zero-order valence-corrected chi connectivity index (χ0v) is 13.3. The minimum atomic E-state index is -4.09. The smallest absolute Gasteiger partial charge is 0.310 e. The molecule has 21 heavy (non-hydrogen) atoms. The number of halogens is 3. The zero-order valence-electron chi connectivity index (χ0n) is 13.3. The first-order valence-corrected chi connectivity index (χ1v) is 7.72. The molecule has 3 nitrogen and oxygen atoms in total. The van der Waals surface area contributed by atoms with E-state index in [1.807, 2.05) is 20.8 Å². The number of alkyl halides is 3. The Bertz CT molecular complexity index is 438. The highest BCUT2D eigenvalue weighted by Gasteiger charge is 2.27. The molecule has 0 radical (unpaired) electrons. The van der Waals surface area contributed by atoms with Crippen LogP contribution in [0.15, 0.2) is 0 Å². The fraction of sp³-hybridized carbons (Fsp3) is 0.800. The quantitative estimate of drug-likeness (QED) is 0.786. The maximum Gasteiger partial charge on any atom is 0.389 e. The first kappa shape index (κ1) is 18.0. The summed E-state index contributed by atoms with van der Waals surface area (Å²) in [5.41, 5.74) is 3.21. The third kappa shape index (κ3) is 5.02. The molecule has 0 bridgehead atoms. The van der Waals surface area contributed by atoms with Crippen LogP contribution in [-0.2, 0) is 19.4 Å². The van der Waals surface area contributed by atoms with E-state index >= 15 is 0 Å².